The number of nitrogens with zero attached hydrogens (tertiary/aromatic N) is 1. The second kappa shape index (κ2) is 7.99. The largest absolute Gasteiger partial charge is 0.359 e. The van der Waals surface area contributed by atoms with Gasteiger partial charge in [0.1, 0.15) is 0 Å². The Bertz CT molecular complexity index is 571. The van der Waals surface area contributed by atoms with Crippen molar-refractivity contribution in [2.24, 2.45) is 0 Å². The summed E-state index contributed by atoms with van der Waals surface area (Å²) >= 11 is 0. The Kier molecular flexibility index (Phi) is 6.02. The molecule has 1 aromatic carbocycles. The molecule has 0 heterocycles. The first-order valence-electron chi connectivity index (χ1n) is 8.35. The summed E-state index contributed by atoms with van der Waals surface area (Å²) in [5.41, 5.74) is 4.00. The first-order chi connectivity index (χ1) is 11.0. The van der Waals surface area contributed by atoms with Gasteiger partial charge in [-0.2, -0.15) is 0 Å². The number of hydrogen-bond donors (Lipinski definition) is 2. The number of carbonyl (C=O) groups is 2. The molecule has 3 amide bonds. The lowest BCUT2D eigenvalue weighted by atomic mass is 9.89. The first kappa shape index (κ1) is 17.3. The maximum absolute atomic E-state index is 12.2. The summed E-state index contributed by atoms with van der Waals surface area (Å²) in [6.07, 6.45) is 5.14. The SMILES string of the molecule is CNC(=O)CCN(C)C(=O)N[C@H](C)c1ccc2c(c1)CCCC2. The molecule has 0 radical (unpaired) electrons. The van der Waals surface area contributed by atoms with E-state index in [0.717, 1.165) is 12.0 Å². The van der Waals surface area contributed by atoms with E-state index in [1.54, 1.807) is 19.0 Å². The lowest BCUT2D eigenvalue weighted by Gasteiger charge is -2.23. The van der Waals surface area contributed by atoms with E-state index in [1.807, 2.05) is 6.92 Å². The van der Waals surface area contributed by atoms with E-state index in [0.29, 0.717) is 13.0 Å². The van der Waals surface area contributed by atoms with Crippen molar-refractivity contribution in [3.8, 4) is 0 Å². The molecule has 126 valence electrons. The van der Waals surface area contributed by atoms with E-state index < -0.39 is 0 Å². The van der Waals surface area contributed by atoms with Crippen molar-refractivity contribution < 1.29 is 9.59 Å². The average Bonchev–Trinajstić information content (AvgIpc) is 2.58. The van der Waals surface area contributed by atoms with Gasteiger partial charge >= 0.3 is 6.03 Å². The number of nitrogens with one attached hydrogen (secondary N) is 2. The highest BCUT2D eigenvalue weighted by Gasteiger charge is 2.16. The molecule has 2 N–H and O–H groups in total. The van der Waals surface area contributed by atoms with Gasteiger partial charge in [0.2, 0.25) is 5.91 Å². The van der Waals surface area contributed by atoms with Crippen molar-refractivity contribution in [2.75, 3.05) is 20.6 Å². The zero-order chi connectivity index (χ0) is 16.8. The van der Waals surface area contributed by atoms with E-state index in [1.165, 1.54) is 30.4 Å². The quantitative estimate of drug-likeness (QED) is 0.876. The van der Waals surface area contributed by atoms with E-state index >= 15 is 0 Å². The summed E-state index contributed by atoms with van der Waals surface area (Å²) in [6.45, 7) is 2.40. The van der Waals surface area contributed by atoms with Crippen LogP contribution in [0.3, 0.4) is 0 Å². The molecule has 1 aromatic rings. The van der Waals surface area contributed by atoms with Crippen molar-refractivity contribution in [2.45, 2.75) is 45.1 Å². The van der Waals surface area contributed by atoms with Crippen molar-refractivity contribution in [1.82, 2.24) is 15.5 Å². The van der Waals surface area contributed by atoms with Crippen LogP contribution in [-0.4, -0.2) is 37.5 Å². The molecular weight excluding hydrogens is 290 g/mol. The monoisotopic (exact) mass is 317 g/mol. The third-order valence-electron chi connectivity index (χ3n) is 4.51. The second-order valence-corrected chi connectivity index (χ2v) is 6.25. The van der Waals surface area contributed by atoms with Crippen LogP contribution < -0.4 is 10.6 Å². The molecule has 0 aromatic heterocycles. The number of aryl methyl sites for hydroxylation is 2. The molecule has 0 bridgehead atoms. The van der Waals surface area contributed by atoms with Crippen LogP contribution in [0, 0.1) is 0 Å². The summed E-state index contributed by atoms with van der Waals surface area (Å²) in [7, 11) is 3.30. The van der Waals surface area contributed by atoms with Crippen LogP contribution in [0.25, 0.3) is 0 Å². The van der Waals surface area contributed by atoms with Gasteiger partial charge in [-0.25, -0.2) is 4.79 Å². The van der Waals surface area contributed by atoms with Gasteiger partial charge in [-0.3, -0.25) is 4.79 Å². The summed E-state index contributed by atoms with van der Waals surface area (Å²) in [4.78, 5) is 25.0. The fourth-order valence-electron chi connectivity index (χ4n) is 2.90. The highest BCUT2D eigenvalue weighted by Crippen LogP contribution is 2.24. The molecular formula is C18H27N3O2. The minimum Gasteiger partial charge on any atom is -0.359 e. The minimum absolute atomic E-state index is 0.0443. The van der Waals surface area contributed by atoms with E-state index in [9.17, 15) is 9.59 Å². The third-order valence-corrected chi connectivity index (χ3v) is 4.51. The Morgan fingerprint density at radius 1 is 1.22 bits per heavy atom. The summed E-state index contributed by atoms with van der Waals surface area (Å²) in [5, 5.41) is 5.56. The third kappa shape index (κ3) is 4.71. The fraction of sp³-hybridized carbons (Fsp3) is 0.556. The molecule has 1 aliphatic rings. The highest BCUT2D eigenvalue weighted by molar-refractivity contribution is 5.78. The summed E-state index contributed by atoms with van der Waals surface area (Å²) in [6, 6.07) is 6.34. The minimum atomic E-state index is -0.154. The molecule has 5 heteroatoms. The summed E-state index contributed by atoms with van der Waals surface area (Å²) in [5.74, 6) is -0.0626. The first-order valence-corrected chi connectivity index (χ1v) is 8.35. The lowest BCUT2D eigenvalue weighted by molar-refractivity contribution is -0.120. The Morgan fingerprint density at radius 3 is 2.61 bits per heavy atom. The van der Waals surface area contributed by atoms with Crippen LogP contribution in [0.4, 0.5) is 4.79 Å². The maximum atomic E-state index is 12.2. The zero-order valence-electron chi connectivity index (χ0n) is 14.3. The van der Waals surface area contributed by atoms with Crippen LogP contribution in [0.2, 0.25) is 0 Å². The molecule has 0 fully saturated rings. The van der Waals surface area contributed by atoms with Gasteiger partial charge in [-0.05, 0) is 49.3 Å². The van der Waals surface area contributed by atoms with Crippen molar-refractivity contribution in [1.29, 1.82) is 0 Å². The number of benzene rings is 1. The lowest BCUT2D eigenvalue weighted by Crippen LogP contribution is -2.40. The molecule has 0 aliphatic heterocycles. The van der Waals surface area contributed by atoms with Crippen molar-refractivity contribution in [3.63, 3.8) is 0 Å². The average molecular weight is 317 g/mol. The van der Waals surface area contributed by atoms with Gasteiger partial charge in [0, 0.05) is 27.1 Å². The zero-order valence-corrected chi connectivity index (χ0v) is 14.3. The number of amides is 3. The van der Waals surface area contributed by atoms with E-state index in [-0.39, 0.29) is 18.0 Å². The smallest absolute Gasteiger partial charge is 0.317 e. The van der Waals surface area contributed by atoms with Gasteiger partial charge in [0.25, 0.3) is 0 Å². The van der Waals surface area contributed by atoms with E-state index in [2.05, 4.69) is 28.8 Å². The number of carbonyl (C=O) groups excluding carboxylic acids is 2. The van der Waals surface area contributed by atoms with Crippen molar-refractivity contribution in [3.05, 3.63) is 34.9 Å². The van der Waals surface area contributed by atoms with Gasteiger partial charge in [0.15, 0.2) is 0 Å². The topological polar surface area (TPSA) is 61.4 Å². The van der Waals surface area contributed by atoms with Crippen LogP contribution in [-0.2, 0) is 17.6 Å². The van der Waals surface area contributed by atoms with Gasteiger partial charge < -0.3 is 15.5 Å². The van der Waals surface area contributed by atoms with Gasteiger partial charge in [-0.15, -0.1) is 0 Å². The standard InChI is InChI=1S/C18H27N3O2/c1-13(20-18(23)21(3)11-10-17(22)19-2)15-9-8-14-6-4-5-7-16(14)12-15/h8-9,12-13H,4-7,10-11H2,1-3H3,(H,19,22)(H,20,23)/t13-/m1/s1. The van der Waals surface area contributed by atoms with E-state index in [4.69, 9.17) is 0 Å². The van der Waals surface area contributed by atoms with Crippen LogP contribution >= 0.6 is 0 Å². The molecule has 0 saturated heterocycles. The molecule has 1 atom stereocenters. The molecule has 0 unspecified atom stereocenters. The van der Waals surface area contributed by atoms with Crippen LogP contribution in [0.5, 0.6) is 0 Å². The normalized spacial score (nSPS) is 14.6. The number of rotatable bonds is 5. The maximum Gasteiger partial charge on any atom is 0.317 e. The number of hydrogen-bond acceptors (Lipinski definition) is 2. The molecule has 5 nitrogen and oxygen atoms in total. The van der Waals surface area contributed by atoms with Gasteiger partial charge in [0.05, 0.1) is 6.04 Å². The van der Waals surface area contributed by atoms with Crippen LogP contribution in [0.1, 0.15) is 48.9 Å². The Balaban J connectivity index is 1.91. The molecule has 1 aliphatic carbocycles. The fourth-order valence-corrected chi connectivity index (χ4v) is 2.90. The van der Waals surface area contributed by atoms with Gasteiger partial charge in [-0.1, -0.05) is 18.2 Å². The Hall–Kier alpha value is -2.04. The van der Waals surface area contributed by atoms with Crippen LogP contribution in [0.15, 0.2) is 18.2 Å². The molecule has 2 rings (SSSR count). The molecule has 0 saturated carbocycles. The Morgan fingerprint density at radius 2 is 1.91 bits per heavy atom. The highest BCUT2D eigenvalue weighted by atomic mass is 16.2. The predicted molar refractivity (Wildman–Crippen MR) is 91.3 cm³/mol. The number of fused-ring (bicyclic) bond motifs is 1. The summed E-state index contributed by atoms with van der Waals surface area (Å²) < 4.78 is 0. The Labute approximate surface area is 138 Å². The second-order valence-electron chi connectivity index (χ2n) is 6.25. The molecule has 0 spiro atoms. The molecule has 23 heavy (non-hydrogen) atoms. The van der Waals surface area contributed by atoms with Crippen molar-refractivity contribution >= 4 is 11.9 Å². The predicted octanol–water partition coefficient (Wildman–Crippen LogP) is 2.40. The number of urea groups is 1.